The summed E-state index contributed by atoms with van der Waals surface area (Å²) in [5, 5.41) is 0. The summed E-state index contributed by atoms with van der Waals surface area (Å²) in [5.41, 5.74) is 1.63. The Hall–Kier alpha value is -2.30. The zero-order valence-electron chi connectivity index (χ0n) is 14.4. The highest BCUT2D eigenvalue weighted by atomic mass is 32.2. The van der Waals surface area contributed by atoms with Crippen LogP contribution in [0.1, 0.15) is 35.1 Å². The second kappa shape index (κ2) is 7.75. The van der Waals surface area contributed by atoms with Crippen LogP contribution >= 0.6 is 0 Å². The van der Waals surface area contributed by atoms with Gasteiger partial charge in [0, 0.05) is 5.56 Å². The summed E-state index contributed by atoms with van der Waals surface area (Å²) in [6, 6.07) is 9.72. The molecular formula is C20H18F3NO2S. The van der Waals surface area contributed by atoms with Gasteiger partial charge in [-0.25, -0.2) is 8.42 Å². The Bertz CT molecular complexity index is 1000. The van der Waals surface area contributed by atoms with E-state index in [1.165, 1.54) is 17.7 Å². The third-order valence-corrected chi connectivity index (χ3v) is 5.80. The van der Waals surface area contributed by atoms with Crippen LogP contribution in [0.5, 0.6) is 0 Å². The van der Waals surface area contributed by atoms with E-state index in [0.717, 1.165) is 43.4 Å². The van der Waals surface area contributed by atoms with E-state index in [1.807, 2.05) is 6.07 Å². The lowest BCUT2D eigenvalue weighted by molar-refractivity contribution is -0.137. The highest BCUT2D eigenvalue weighted by molar-refractivity contribution is 7.89. The topological polar surface area (TPSA) is 46.2 Å². The summed E-state index contributed by atoms with van der Waals surface area (Å²) in [4.78, 5) is 0.184. The molecule has 0 amide bonds. The van der Waals surface area contributed by atoms with Crippen LogP contribution in [0, 0.1) is 11.8 Å². The zero-order valence-corrected chi connectivity index (χ0v) is 15.3. The van der Waals surface area contributed by atoms with Gasteiger partial charge in [0.15, 0.2) is 0 Å². The van der Waals surface area contributed by atoms with E-state index in [1.54, 1.807) is 12.1 Å². The number of rotatable bonds is 3. The van der Waals surface area contributed by atoms with Gasteiger partial charge in [0.1, 0.15) is 0 Å². The molecule has 1 N–H and O–H groups in total. The van der Waals surface area contributed by atoms with Gasteiger partial charge in [-0.1, -0.05) is 24.0 Å². The largest absolute Gasteiger partial charge is 0.416 e. The Kier molecular flexibility index (Phi) is 5.59. The molecule has 2 aromatic rings. The van der Waals surface area contributed by atoms with Crippen molar-refractivity contribution < 1.29 is 21.6 Å². The van der Waals surface area contributed by atoms with Crippen molar-refractivity contribution in [3.8, 4) is 11.8 Å². The third kappa shape index (κ3) is 4.90. The lowest BCUT2D eigenvalue weighted by atomic mass is 9.92. The van der Waals surface area contributed by atoms with E-state index in [4.69, 9.17) is 0 Å². The quantitative estimate of drug-likeness (QED) is 0.804. The molecule has 27 heavy (non-hydrogen) atoms. The maximum absolute atomic E-state index is 12.7. The molecule has 0 saturated carbocycles. The van der Waals surface area contributed by atoms with Gasteiger partial charge in [-0.2, -0.15) is 17.9 Å². The molecule has 0 aromatic heterocycles. The first-order valence-corrected chi connectivity index (χ1v) is 10.0. The first-order chi connectivity index (χ1) is 12.8. The Balaban J connectivity index is 1.68. The van der Waals surface area contributed by atoms with Crippen LogP contribution in [0.25, 0.3) is 0 Å². The maximum atomic E-state index is 12.7. The van der Waals surface area contributed by atoms with Crippen LogP contribution < -0.4 is 4.72 Å². The molecule has 0 fully saturated rings. The van der Waals surface area contributed by atoms with Crippen LogP contribution in [-0.4, -0.2) is 15.0 Å². The number of aryl methyl sites for hydroxylation is 2. The molecule has 0 atom stereocenters. The monoisotopic (exact) mass is 393 g/mol. The molecule has 0 saturated heterocycles. The number of hydrogen-bond donors (Lipinski definition) is 1. The minimum absolute atomic E-state index is 0.179. The predicted octanol–water partition coefficient (Wildman–Crippen LogP) is 3.91. The smallest absolute Gasteiger partial charge is 0.207 e. The number of benzene rings is 2. The third-order valence-electron chi connectivity index (χ3n) is 4.40. The fraction of sp³-hybridized carbons (Fsp3) is 0.300. The number of nitrogens with one attached hydrogen (secondary N) is 1. The van der Waals surface area contributed by atoms with Crippen LogP contribution in [0.4, 0.5) is 13.2 Å². The number of hydrogen-bond acceptors (Lipinski definition) is 2. The first-order valence-electron chi connectivity index (χ1n) is 8.53. The molecule has 3 rings (SSSR count). The van der Waals surface area contributed by atoms with Crippen molar-refractivity contribution in [3.63, 3.8) is 0 Å². The van der Waals surface area contributed by atoms with Crippen molar-refractivity contribution in [2.24, 2.45) is 0 Å². The summed E-state index contributed by atoms with van der Waals surface area (Å²) in [7, 11) is -3.71. The second-order valence-corrected chi connectivity index (χ2v) is 8.11. The highest BCUT2D eigenvalue weighted by Crippen LogP contribution is 2.29. The predicted molar refractivity (Wildman–Crippen MR) is 96.6 cm³/mol. The van der Waals surface area contributed by atoms with Gasteiger partial charge in [-0.15, -0.1) is 0 Å². The number of fused-ring (bicyclic) bond motifs is 1. The van der Waals surface area contributed by atoms with E-state index in [9.17, 15) is 21.6 Å². The molecule has 7 heteroatoms. The van der Waals surface area contributed by atoms with Crippen LogP contribution in [0.2, 0.25) is 0 Å². The molecule has 1 aliphatic rings. The Morgan fingerprint density at radius 3 is 2.48 bits per heavy atom. The van der Waals surface area contributed by atoms with Crippen molar-refractivity contribution in [1.29, 1.82) is 0 Å². The van der Waals surface area contributed by atoms with Gasteiger partial charge in [0.25, 0.3) is 0 Å². The van der Waals surface area contributed by atoms with Gasteiger partial charge in [0.2, 0.25) is 10.0 Å². The summed E-state index contributed by atoms with van der Waals surface area (Å²) in [5.74, 6) is 5.12. The maximum Gasteiger partial charge on any atom is 0.416 e. The molecular weight excluding hydrogens is 375 g/mol. The minimum atomic E-state index is -4.44. The van der Waals surface area contributed by atoms with E-state index in [-0.39, 0.29) is 17.0 Å². The number of alkyl halides is 3. The molecule has 0 spiro atoms. The fourth-order valence-corrected chi connectivity index (χ4v) is 3.98. The fourth-order valence-electron chi connectivity index (χ4n) is 3.01. The van der Waals surface area contributed by atoms with Gasteiger partial charge in [0.05, 0.1) is 17.0 Å². The standard InChI is InChI=1S/C20H18F3NO2S/c21-20(22,23)18-9-3-5-15(13-18)6-4-12-24-27(25,26)19-11-10-16-7-1-2-8-17(16)14-19/h3,5,9-11,13-14,24H,1-2,7-8,12H2. The van der Waals surface area contributed by atoms with E-state index in [0.29, 0.717) is 0 Å². The Morgan fingerprint density at radius 2 is 1.74 bits per heavy atom. The molecule has 3 nitrogen and oxygen atoms in total. The van der Waals surface area contributed by atoms with Crippen molar-refractivity contribution in [2.75, 3.05) is 6.54 Å². The van der Waals surface area contributed by atoms with Crippen LogP contribution in [0.3, 0.4) is 0 Å². The molecule has 142 valence electrons. The second-order valence-electron chi connectivity index (χ2n) is 6.34. The molecule has 2 aromatic carbocycles. The molecule has 0 aliphatic heterocycles. The lowest BCUT2D eigenvalue weighted by Crippen LogP contribution is -2.24. The normalized spacial score (nSPS) is 14.2. The Morgan fingerprint density at radius 1 is 1.00 bits per heavy atom. The SMILES string of the molecule is O=S(=O)(NCC#Cc1cccc(C(F)(F)F)c1)c1ccc2c(c1)CCCC2. The summed E-state index contributed by atoms with van der Waals surface area (Å²) in [6.07, 6.45) is -0.444. The van der Waals surface area contributed by atoms with Gasteiger partial charge in [-0.05, 0) is 67.1 Å². The molecule has 0 unspecified atom stereocenters. The minimum Gasteiger partial charge on any atom is -0.207 e. The molecule has 0 heterocycles. The van der Waals surface area contributed by atoms with Gasteiger partial charge < -0.3 is 0 Å². The van der Waals surface area contributed by atoms with E-state index < -0.39 is 21.8 Å². The van der Waals surface area contributed by atoms with Crippen molar-refractivity contribution in [1.82, 2.24) is 4.72 Å². The summed E-state index contributed by atoms with van der Waals surface area (Å²) >= 11 is 0. The average Bonchev–Trinajstić information content (AvgIpc) is 2.64. The summed E-state index contributed by atoms with van der Waals surface area (Å²) < 4.78 is 65.2. The highest BCUT2D eigenvalue weighted by Gasteiger charge is 2.30. The van der Waals surface area contributed by atoms with Gasteiger partial charge in [-0.3, -0.25) is 0 Å². The molecule has 1 aliphatic carbocycles. The Labute approximate surface area is 156 Å². The van der Waals surface area contributed by atoms with Gasteiger partial charge >= 0.3 is 6.18 Å². The van der Waals surface area contributed by atoms with E-state index in [2.05, 4.69) is 16.6 Å². The lowest BCUT2D eigenvalue weighted by Gasteiger charge is -2.16. The van der Waals surface area contributed by atoms with Crippen molar-refractivity contribution >= 4 is 10.0 Å². The molecule has 0 bridgehead atoms. The number of halogens is 3. The summed E-state index contributed by atoms with van der Waals surface area (Å²) in [6.45, 7) is -0.185. The zero-order chi connectivity index (χ0) is 19.5. The van der Waals surface area contributed by atoms with E-state index >= 15 is 0 Å². The molecule has 0 radical (unpaired) electrons. The van der Waals surface area contributed by atoms with Crippen LogP contribution in [-0.2, 0) is 29.0 Å². The van der Waals surface area contributed by atoms with Crippen molar-refractivity contribution in [2.45, 2.75) is 36.8 Å². The number of sulfonamides is 1. The average molecular weight is 393 g/mol. The van der Waals surface area contributed by atoms with Crippen molar-refractivity contribution in [3.05, 3.63) is 64.7 Å². The van der Waals surface area contributed by atoms with Crippen LogP contribution in [0.15, 0.2) is 47.4 Å². The first kappa shape index (κ1) is 19.5.